The van der Waals surface area contributed by atoms with E-state index in [-0.39, 0.29) is 17.8 Å². The van der Waals surface area contributed by atoms with Gasteiger partial charge in [-0.15, -0.1) is 0 Å². The Kier molecular flexibility index (Phi) is 6.32. The monoisotopic (exact) mass is 403 g/mol. The Balaban J connectivity index is 1.77. The Morgan fingerprint density at radius 3 is 2.52 bits per heavy atom. The summed E-state index contributed by atoms with van der Waals surface area (Å²) in [7, 11) is 0. The van der Waals surface area contributed by atoms with Crippen LogP contribution in [0.5, 0.6) is 11.6 Å². The number of rotatable bonds is 8. The molecule has 3 aromatic rings. The van der Waals surface area contributed by atoms with E-state index >= 15 is 0 Å². The number of ether oxygens (including phenoxy) is 2. The molecule has 0 fully saturated rings. The summed E-state index contributed by atoms with van der Waals surface area (Å²) in [4.78, 5) is 19.9. The van der Waals surface area contributed by atoms with Crippen LogP contribution in [0, 0.1) is 11.6 Å². The fourth-order valence-corrected chi connectivity index (χ4v) is 2.56. The van der Waals surface area contributed by atoms with Gasteiger partial charge in [0, 0.05) is 24.4 Å². The van der Waals surface area contributed by atoms with Crippen molar-refractivity contribution in [2.45, 2.75) is 20.4 Å². The zero-order valence-electron chi connectivity index (χ0n) is 15.8. The van der Waals surface area contributed by atoms with Crippen molar-refractivity contribution in [2.75, 3.05) is 13.2 Å². The van der Waals surface area contributed by atoms with E-state index in [9.17, 15) is 13.6 Å². The fourth-order valence-electron chi connectivity index (χ4n) is 2.56. The summed E-state index contributed by atoms with van der Waals surface area (Å²) < 4.78 is 38.2. The van der Waals surface area contributed by atoms with E-state index in [0.717, 1.165) is 12.4 Å². The van der Waals surface area contributed by atoms with Gasteiger partial charge < -0.3 is 14.8 Å². The summed E-state index contributed by atoms with van der Waals surface area (Å²) in [6.07, 6.45) is 3.30. The van der Waals surface area contributed by atoms with Crippen LogP contribution >= 0.6 is 0 Å². The number of H-pyrrole nitrogens is 1. The van der Waals surface area contributed by atoms with Crippen molar-refractivity contribution in [1.82, 2.24) is 25.5 Å². The lowest BCUT2D eigenvalue weighted by Gasteiger charge is -2.10. The van der Waals surface area contributed by atoms with Gasteiger partial charge in [0.2, 0.25) is 5.88 Å². The van der Waals surface area contributed by atoms with Gasteiger partial charge in [0.1, 0.15) is 23.1 Å². The number of hydrogen-bond donors (Lipinski definition) is 2. The highest BCUT2D eigenvalue weighted by Gasteiger charge is 2.17. The largest absolute Gasteiger partial charge is 0.493 e. The minimum Gasteiger partial charge on any atom is -0.493 e. The van der Waals surface area contributed by atoms with E-state index in [1.807, 2.05) is 13.8 Å². The molecule has 29 heavy (non-hydrogen) atoms. The maximum Gasteiger partial charge on any atom is 0.269 e. The highest BCUT2D eigenvalue weighted by atomic mass is 19.1. The van der Waals surface area contributed by atoms with Gasteiger partial charge >= 0.3 is 0 Å². The van der Waals surface area contributed by atoms with Crippen LogP contribution in [0.1, 0.15) is 29.9 Å². The Morgan fingerprint density at radius 2 is 1.83 bits per heavy atom. The van der Waals surface area contributed by atoms with Gasteiger partial charge in [-0.25, -0.2) is 13.8 Å². The minimum atomic E-state index is -0.836. The van der Waals surface area contributed by atoms with E-state index in [2.05, 4.69) is 25.5 Å². The van der Waals surface area contributed by atoms with Crippen LogP contribution in [-0.4, -0.2) is 39.3 Å². The van der Waals surface area contributed by atoms with Crippen molar-refractivity contribution in [2.24, 2.45) is 0 Å². The second kappa shape index (κ2) is 9.09. The van der Waals surface area contributed by atoms with Crippen LogP contribution < -0.4 is 14.8 Å². The average molecular weight is 403 g/mol. The molecule has 3 heterocycles. The predicted molar refractivity (Wildman–Crippen MR) is 99.5 cm³/mol. The number of halogens is 2. The average Bonchev–Trinajstić information content (AvgIpc) is 3.18. The lowest BCUT2D eigenvalue weighted by molar-refractivity contribution is 0.0945. The Hall–Kier alpha value is -3.56. The number of amides is 1. The first kappa shape index (κ1) is 20.2. The summed E-state index contributed by atoms with van der Waals surface area (Å²) in [5, 5.41) is 9.16. The van der Waals surface area contributed by atoms with Gasteiger partial charge in [-0.2, -0.15) is 5.10 Å². The maximum absolute atomic E-state index is 13.6. The van der Waals surface area contributed by atoms with Crippen LogP contribution in [0.4, 0.5) is 8.78 Å². The van der Waals surface area contributed by atoms with Gasteiger partial charge in [-0.1, -0.05) is 0 Å². The number of nitrogens with one attached hydrogen (secondary N) is 2. The fraction of sp³-hybridized carbons (Fsp3) is 0.263. The van der Waals surface area contributed by atoms with E-state index in [1.165, 1.54) is 12.3 Å². The molecule has 2 N–H and O–H groups in total. The SMILES string of the molecule is CCOc1cc(OCC)c(-c2cc(C(=O)NCc3c(F)cncc3F)[nH]n2)cn1. The van der Waals surface area contributed by atoms with Crippen molar-refractivity contribution < 1.29 is 23.0 Å². The molecule has 0 spiro atoms. The molecule has 0 radical (unpaired) electrons. The van der Waals surface area contributed by atoms with Crippen molar-refractivity contribution in [3.8, 4) is 22.9 Å². The summed E-state index contributed by atoms with van der Waals surface area (Å²) in [5.74, 6) is -1.33. The van der Waals surface area contributed by atoms with E-state index in [1.54, 1.807) is 6.07 Å². The van der Waals surface area contributed by atoms with Crippen molar-refractivity contribution in [3.63, 3.8) is 0 Å². The van der Waals surface area contributed by atoms with Crippen molar-refractivity contribution in [3.05, 3.63) is 53.6 Å². The molecule has 0 aliphatic heterocycles. The highest BCUT2D eigenvalue weighted by Crippen LogP contribution is 2.31. The summed E-state index contributed by atoms with van der Waals surface area (Å²) in [6, 6.07) is 3.14. The molecule has 3 rings (SSSR count). The maximum atomic E-state index is 13.6. The van der Waals surface area contributed by atoms with E-state index in [0.29, 0.717) is 36.1 Å². The smallest absolute Gasteiger partial charge is 0.269 e. The quantitative estimate of drug-likeness (QED) is 0.600. The molecule has 0 aliphatic rings. The third kappa shape index (κ3) is 4.65. The first-order valence-electron chi connectivity index (χ1n) is 8.91. The zero-order chi connectivity index (χ0) is 20.8. The number of aromatic amines is 1. The first-order valence-corrected chi connectivity index (χ1v) is 8.91. The molecule has 152 valence electrons. The molecule has 0 bridgehead atoms. The molecule has 10 heteroatoms. The molecule has 1 amide bonds. The van der Waals surface area contributed by atoms with Gasteiger partial charge in [0.25, 0.3) is 5.91 Å². The van der Waals surface area contributed by atoms with Gasteiger partial charge in [-0.3, -0.25) is 14.9 Å². The Morgan fingerprint density at radius 1 is 1.10 bits per heavy atom. The van der Waals surface area contributed by atoms with Crippen molar-refractivity contribution in [1.29, 1.82) is 0 Å². The van der Waals surface area contributed by atoms with Crippen LogP contribution in [0.15, 0.2) is 30.7 Å². The number of pyridine rings is 2. The third-order valence-electron chi connectivity index (χ3n) is 3.91. The van der Waals surface area contributed by atoms with Crippen LogP contribution in [0.3, 0.4) is 0 Å². The zero-order valence-corrected chi connectivity index (χ0v) is 15.8. The second-order valence-electron chi connectivity index (χ2n) is 5.82. The summed E-state index contributed by atoms with van der Waals surface area (Å²) in [6.45, 7) is 4.23. The van der Waals surface area contributed by atoms with Crippen LogP contribution in [0.2, 0.25) is 0 Å². The van der Waals surface area contributed by atoms with Gasteiger partial charge in [0.15, 0.2) is 0 Å². The standard InChI is InChI=1S/C19H19F2N5O3/c1-3-28-17-6-18(29-4-2)23-8-12(17)15-5-16(26-25-15)19(27)24-7-11-13(20)9-22-10-14(11)21/h5-6,8-10H,3-4,7H2,1-2H3,(H,24,27)(H,25,26). The summed E-state index contributed by atoms with van der Waals surface area (Å²) >= 11 is 0. The minimum absolute atomic E-state index is 0.117. The normalized spacial score (nSPS) is 10.6. The van der Waals surface area contributed by atoms with E-state index in [4.69, 9.17) is 9.47 Å². The molecule has 0 aromatic carbocycles. The topological polar surface area (TPSA) is 102 Å². The second-order valence-corrected chi connectivity index (χ2v) is 5.82. The van der Waals surface area contributed by atoms with Crippen LogP contribution in [0.25, 0.3) is 11.3 Å². The Bertz CT molecular complexity index is 989. The van der Waals surface area contributed by atoms with E-state index < -0.39 is 17.5 Å². The molecule has 0 unspecified atom stereocenters. The lowest BCUT2D eigenvalue weighted by Crippen LogP contribution is -2.24. The molecule has 0 atom stereocenters. The van der Waals surface area contributed by atoms with Gasteiger partial charge in [0.05, 0.1) is 36.9 Å². The molecular weight excluding hydrogens is 384 g/mol. The number of aromatic nitrogens is 4. The lowest BCUT2D eigenvalue weighted by atomic mass is 10.1. The molecule has 0 aliphatic carbocycles. The molecule has 0 saturated heterocycles. The number of carbonyl (C=O) groups excluding carboxylic acids is 1. The van der Waals surface area contributed by atoms with Gasteiger partial charge in [-0.05, 0) is 19.9 Å². The molecule has 3 aromatic heterocycles. The molecule has 8 nitrogen and oxygen atoms in total. The summed E-state index contributed by atoms with van der Waals surface area (Å²) in [5.41, 5.74) is 0.834. The number of hydrogen-bond acceptors (Lipinski definition) is 6. The van der Waals surface area contributed by atoms with Crippen molar-refractivity contribution >= 4 is 5.91 Å². The third-order valence-corrected chi connectivity index (χ3v) is 3.91. The number of nitrogens with zero attached hydrogens (tertiary/aromatic N) is 3. The highest BCUT2D eigenvalue weighted by molar-refractivity contribution is 5.93. The number of carbonyl (C=O) groups is 1. The van der Waals surface area contributed by atoms with Crippen LogP contribution in [-0.2, 0) is 6.54 Å². The molecule has 0 saturated carbocycles. The molecular formula is C19H19F2N5O3. The predicted octanol–water partition coefficient (Wildman–Crippen LogP) is 2.87. The first-order chi connectivity index (χ1) is 14.0. The Labute approximate surface area is 165 Å².